The topological polar surface area (TPSA) is 107 Å². The molecule has 0 aliphatic carbocycles. The molecule has 0 atom stereocenters. The number of primary amides is 1. The molecule has 2 rings (SSSR count). The average molecular weight is 315 g/mol. The number of nitrogens with one attached hydrogen (secondary N) is 1. The first-order valence-electron chi connectivity index (χ1n) is 5.29. The molecule has 0 spiro atoms. The first-order chi connectivity index (χ1) is 9.47. The van der Waals surface area contributed by atoms with E-state index in [0.29, 0.717) is 20.9 Å². The van der Waals surface area contributed by atoms with Crippen LogP contribution < -0.4 is 15.8 Å². The number of carbonyl (C=O) groups is 2. The number of amides is 3. The molecule has 20 heavy (non-hydrogen) atoms. The minimum absolute atomic E-state index is 0.124. The molecule has 0 saturated heterocycles. The van der Waals surface area contributed by atoms with Crippen molar-refractivity contribution in [1.29, 1.82) is 0 Å². The maximum atomic E-state index is 11.3. The van der Waals surface area contributed by atoms with Crippen LogP contribution in [-0.2, 0) is 4.79 Å². The fourth-order valence-electron chi connectivity index (χ4n) is 1.49. The van der Waals surface area contributed by atoms with Crippen molar-refractivity contribution in [2.45, 2.75) is 0 Å². The van der Waals surface area contributed by atoms with Crippen LogP contribution >= 0.6 is 23.2 Å². The van der Waals surface area contributed by atoms with Crippen molar-refractivity contribution >= 4 is 46.0 Å². The summed E-state index contributed by atoms with van der Waals surface area (Å²) in [4.78, 5) is 29.7. The van der Waals surface area contributed by atoms with Crippen molar-refractivity contribution in [2.75, 3.05) is 6.61 Å². The Labute approximate surface area is 123 Å². The van der Waals surface area contributed by atoms with Crippen LogP contribution in [0.3, 0.4) is 0 Å². The van der Waals surface area contributed by atoms with Crippen LogP contribution in [0.15, 0.2) is 18.5 Å². The molecule has 2 aromatic rings. The maximum Gasteiger partial charge on any atom is 0.318 e. The van der Waals surface area contributed by atoms with Gasteiger partial charge in [0.1, 0.15) is 6.33 Å². The average Bonchev–Trinajstić information content (AvgIpc) is 2.35. The number of benzene rings is 1. The largest absolute Gasteiger partial charge is 0.467 e. The standard InChI is InChI=1S/C11H8Cl2N4O3/c12-5-1-6-9(7(13)2-5)15-4-16-10(6)20-3-8(18)17-11(14)19/h1-2,4H,3H2,(H3,14,17,18,19). The summed E-state index contributed by atoms with van der Waals surface area (Å²) < 4.78 is 5.20. The minimum Gasteiger partial charge on any atom is -0.467 e. The molecule has 1 aromatic carbocycles. The summed E-state index contributed by atoms with van der Waals surface area (Å²) in [5.41, 5.74) is 5.25. The molecule has 9 heteroatoms. The Morgan fingerprint density at radius 3 is 2.75 bits per heavy atom. The monoisotopic (exact) mass is 314 g/mol. The van der Waals surface area contributed by atoms with Crippen LogP contribution in [0.1, 0.15) is 0 Å². The zero-order chi connectivity index (χ0) is 14.7. The maximum absolute atomic E-state index is 11.3. The zero-order valence-corrected chi connectivity index (χ0v) is 11.4. The molecular weight excluding hydrogens is 307 g/mol. The highest BCUT2D eigenvalue weighted by molar-refractivity contribution is 6.38. The highest BCUT2D eigenvalue weighted by Gasteiger charge is 2.12. The summed E-state index contributed by atoms with van der Waals surface area (Å²) >= 11 is 11.9. The number of rotatable bonds is 3. The summed E-state index contributed by atoms with van der Waals surface area (Å²) in [5.74, 6) is -0.573. The SMILES string of the molecule is NC(=O)NC(=O)COc1ncnc2c(Cl)cc(Cl)cc12. The van der Waals surface area contributed by atoms with Gasteiger partial charge in [-0.25, -0.2) is 14.8 Å². The summed E-state index contributed by atoms with van der Waals surface area (Å²) in [5, 5.41) is 3.03. The number of hydrogen-bond donors (Lipinski definition) is 2. The number of nitrogens with zero attached hydrogens (tertiary/aromatic N) is 2. The lowest BCUT2D eigenvalue weighted by Gasteiger charge is -2.08. The van der Waals surface area contributed by atoms with Crippen LogP contribution in [-0.4, -0.2) is 28.5 Å². The smallest absolute Gasteiger partial charge is 0.318 e. The van der Waals surface area contributed by atoms with Gasteiger partial charge in [0, 0.05) is 5.02 Å². The number of halogens is 2. The van der Waals surface area contributed by atoms with E-state index in [1.165, 1.54) is 12.4 Å². The Balaban J connectivity index is 2.26. The van der Waals surface area contributed by atoms with E-state index in [2.05, 4.69) is 9.97 Å². The van der Waals surface area contributed by atoms with Crippen LogP contribution in [0.5, 0.6) is 5.88 Å². The number of fused-ring (bicyclic) bond motifs is 1. The van der Waals surface area contributed by atoms with Gasteiger partial charge < -0.3 is 10.5 Å². The van der Waals surface area contributed by atoms with Gasteiger partial charge in [-0.2, -0.15) is 0 Å². The Morgan fingerprint density at radius 2 is 2.05 bits per heavy atom. The molecule has 104 valence electrons. The van der Waals surface area contributed by atoms with Crippen molar-refractivity contribution < 1.29 is 14.3 Å². The van der Waals surface area contributed by atoms with Crippen molar-refractivity contribution in [1.82, 2.24) is 15.3 Å². The second-order valence-electron chi connectivity index (χ2n) is 3.66. The fraction of sp³-hybridized carbons (Fsp3) is 0.0909. The first-order valence-corrected chi connectivity index (χ1v) is 6.05. The van der Waals surface area contributed by atoms with Crippen molar-refractivity contribution in [3.05, 3.63) is 28.5 Å². The van der Waals surface area contributed by atoms with Crippen molar-refractivity contribution in [2.24, 2.45) is 5.73 Å². The van der Waals surface area contributed by atoms with Gasteiger partial charge >= 0.3 is 6.03 Å². The van der Waals surface area contributed by atoms with E-state index in [1.807, 2.05) is 5.32 Å². The van der Waals surface area contributed by atoms with Crippen LogP contribution in [0.25, 0.3) is 10.9 Å². The second-order valence-corrected chi connectivity index (χ2v) is 4.51. The van der Waals surface area contributed by atoms with E-state index < -0.39 is 18.5 Å². The molecule has 3 amide bonds. The number of ether oxygens (including phenoxy) is 1. The summed E-state index contributed by atoms with van der Waals surface area (Å²) in [6.07, 6.45) is 1.24. The summed E-state index contributed by atoms with van der Waals surface area (Å²) in [7, 11) is 0. The lowest BCUT2D eigenvalue weighted by atomic mass is 10.2. The Morgan fingerprint density at radius 1 is 1.30 bits per heavy atom. The molecular formula is C11H8Cl2N4O3. The molecule has 0 aliphatic rings. The normalized spacial score (nSPS) is 10.3. The molecule has 0 bridgehead atoms. The van der Waals surface area contributed by atoms with Gasteiger partial charge in [0.2, 0.25) is 5.88 Å². The lowest BCUT2D eigenvalue weighted by molar-refractivity contribution is -0.121. The van der Waals surface area contributed by atoms with E-state index in [0.717, 1.165) is 0 Å². The number of imide groups is 1. The van der Waals surface area contributed by atoms with E-state index in [4.69, 9.17) is 33.7 Å². The molecule has 0 saturated carbocycles. The summed E-state index contributed by atoms with van der Waals surface area (Å²) in [6.45, 7) is -0.431. The quantitative estimate of drug-likeness (QED) is 0.892. The van der Waals surface area contributed by atoms with Gasteiger partial charge in [-0.1, -0.05) is 23.2 Å². The number of urea groups is 1. The third-order valence-electron chi connectivity index (χ3n) is 2.22. The third-order valence-corrected chi connectivity index (χ3v) is 2.73. The molecule has 0 radical (unpaired) electrons. The van der Waals surface area contributed by atoms with Gasteiger partial charge in [-0.15, -0.1) is 0 Å². The number of carbonyl (C=O) groups excluding carboxylic acids is 2. The van der Waals surface area contributed by atoms with Crippen molar-refractivity contribution in [3.8, 4) is 5.88 Å². The van der Waals surface area contributed by atoms with Gasteiger partial charge in [-0.05, 0) is 12.1 Å². The number of hydrogen-bond acceptors (Lipinski definition) is 5. The molecule has 0 aliphatic heterocycles. The molecule has 3 N–H and O–H groups in total. The molecule has 0 fully saturated rings. The number of nitrogens with two attached hydrogens (primary N) is 1. The Hall–Kier alpha value is -2.12. The predicted molar refractivity (Wildman–Crippen MR) is 72.8 cm³/mol. The highest BCUT2D eigenvalue weighted by Crippen LogP contribution is 2.30. The number of aromatic nitrogens is 2. The molecule has 1 heterocycles. The van der Waals surface area contributed by atoms with E-state index in [9.17, 15) is 9.59 Å². The molecule has 7 nitrogen and oxygen atoms in total. The van der Waals surface area contributed by atoms with Crippen LogP contribution in [0.2, 0.25) is 10.0 Å². The fourth-order valence-corrected chi connectivity index (χ4v) is 2.03. The predicted octanol–water partition coefficient (Wildman–Crippen LogP) is 1.51. The van der Waals surface area contributed by atoms with Gasteiger partial charge in [0.25, 0.3) is 5.91 Å². The third kappa shape index (κ3) is 3.25. The van der Waals surface area contributed by atoms with Crippen molar-refractivity contribution in [3.63, 3.8) is 0 Å². The highest BCUT2D eigenvalue weighted by atomic mass is 35.5. The summed E-state index contributed by atoms with van der Waals surface area (Å²) in [6, 6.07) is 2.13. The first kappa shape index (κ1) is 14.3. The molecule has 0 unspecified atom stereocenters. The molecule has 1 aromatic heterocycles. The van der Waals surface area contributed by atoms with E-state index >= 15 is 0 Å². The van der Waals surface area contributed by atoms with E-state index in [1.54, 1.807) is 6.07 Å². The van der Waals surface area contributed by atoms with E-state index in [-0.39, 0.29) is 5.88 Å². The zero-order valence-electron chi connectivity index (χ0n) is 9.89. The van der Waals surface area contributed by atoms with Crippen LogP contribution in [0, 0.1) is 0 Å². The van der Waals surface area contributed by atoms with Gasteiger partial charge in [0.15, 0.2) is 6.61 Å². The minimum atomic E-state index is -0.961. The second kappa shape index (κ2) is 5.89. The Kier molecular flexibility index (Phi) is 4.21. The Bertz CT molecular complexity index is 693. The lowest BCUT2D eigenvalue weighted by Crippen LogP contribution is -2.38. The van der Waals surface area contributed by atoms with Crippen LogP contribution in [0.4, 0.5) is 4.79 Å². The van der Waals surface area contributed by atoms with Gasteiger partial charge in [-0.3, -0.25) is 10.1 Å². The van der Waals surface area contributed by atoms with Gasteiger partial charge in [0.05, 0.1) is 15.9 Å².